The molecule has 39 heavy (non-hydrogen) atoms. The average Bonchev–Trinajstić information content (AvgIpc) is 2.87. The summed E-state index contributed by atoms with van der Waals surface area (Å²) in [5, 5.41) is 19.2. The Morgan fingerprint density at radius 1 is 0.462 bits per heavy atom. The Kier molecular flexibility index (Phi) is 25.2. The Morgan fingerprint density at radius 2 is 0.744 bits per heavy atom. The number of unbranched alkanes of at least 4 members (excludes halogenated alkanes) is 17. The standard InChI is InChI=1S/C35H68O4/c1-31(2)25-19-13-9-5-7-11-16-22-28-35(34(38)39,30-24-18-15-21-27-33(36)37)29-23-17-12-8-6-10-14-20-26-32(3)4/h31-32H,5-30H2,1-4H3,(H,36,37)(H,38,39). The number of hydrogen-bond acceptors (Lipinski definition) is 2. The van der Waals surface area contributed by atoms with E-state index in [2.05, 4.69) is 27.7 Å². The second kappa shape index (κ2) is 25.9. The Bertz CT molecular complexity index is 541. The van der Waals surface area contributed by atoms with Crippen LogP contribution in [0.4, 0.5) is 0 Å². The first-order chi connectivity index (χ1) is 18.7. The van der Waals surface area contributed by atoms with Gasteiger partial charge in [-0.3, -0.25) is 9.59 Å². The van der Waals surface area contributed by atoms with Gasteiger partial charge in [0.2, 0.25) is 0 Å². The summed E-state index contributed by atoms with van der Waals surface area (Å²) in [4.78, 5) is 23.4. The van der Waals surface area contributed by atoms with Crippen LogP contribution in [0.3, 0.4) is 0 Å². The fraction of sp³-hybridized carbons (Fsp3) is 0.943. The van der Waals surface area contributed by atoms with Crippen LogP contribution in [0.25, 0.3) is 0 Å². The zero-order chi connectivity index (χ0) is 29.2. The lowest BCUT2D eigenvalue weighted by molar-refractivity contribution is -0.150. The van der Waals surface area contributed by atoms with E-state index in [1.807, 2.05) is 0 Å². The van der Waals surface area contributed by atoms with Crippen molar-refractivity contribution in [3.63, 3.8) is 0 Å². The van der Waals surface area contributed by atoms with Gasteiger partial charge in [0, 0.05) is 6.42 Å². The molecule has 0 aromatic heterocycles. The molecule has 4 nitrogen and oxygen atoms in total. The molecule has 4 heteroatoms. The van der Waals surface area contributed by atoms with Gasteiger partial charge in [0.15, 0.2) is 0 Å². The van der Waals surface area contributed by atoms with Gasteiger partial charge in [-0.15, -0.1) is 0 Å². The minimum absolute atomic E-state index is 0.222. The maximum atomic E-state index is 12.6. The van der Waals surface area contributed by atoms with Crippen molar-refractivity contribution in [3.05, 3.63) is 0 Å². The van der Waals surface area contributed by atoms with Crippen molar-refractivity contribution in [2.24, 2.45) is 17.3 Å². The van der Waals surface area contributed by atoms with Crippen LogP contribution < -0.4 is 0 Å². The molecular weight excluding hydrogens is 484 g/mol. The van der Waals surface area contributed by atoms with Crippen molar-refractivity contribution >= 4 is 11.9 Å². The summed E-state index contributed by atoms with van der Waals surface area (Å²) in [6.07, 6.45) is 28.8. The lowest BCUT2D eigenvalue weighted by Gasteiger charge is -2.30. The fourth-order valence-corrected chi connectivity index (χ4v) is 5.94. The average molecular weight is 553 g/mol. The number of carboxylic acid groups (broad SMARTS) is 2. The van der Waals surface area contributed by atoms with Gasteiger partial charge >= 0.3 is 11.9 Å². The topological polar surface area (TPSA) is 74.6 Å². The fourth-order valence-electron chi connectivity index (χ4n) is 5.94. The van der Waals surface area contributed by atoms with E-state index in [0.717, 1.165) is 76.0 Å². The number of hydrogen-bond donors (Lipinski definition) is 2. The molecule has 0 heterocycles. The number of rotatable bonds is 30. The molecule has 0 rings (SSSR count). The van der Waals surface area contributed by atoms with Crippen LogP contribution in [0.15, 0.2) is 0 Å². The summed E-state index contributed by atoms with van der Waals surface area (Å²) >= 11 is 0. The van der Waals surface area contributed by atoms with E-state index in [9.17, 15) is 14.7 Å². The molecule has 0 aliphatic rings. The summed E-state index contributed by atoms with van der Waals surface area (Å²) in [5.74, 6) is 0.298. The van der Waals surface area contributed by atoms with Crippen molar-refractivity contribution in [3.8, 4) is 0 Å². The van der Waals surface area contributed by atoms with Gasteiger partial charge in [-0.2, -0.15) is 0 Å². The minimum atomic E-state index is -0.735. The van der Waals surface area contributed by atoms with Gasteiger partial charge in [-0.25, -0.2) is 0 Å². The largest absolute Gasteiger partial charge is 0.481 e. The number of carbonyl (C=O) groups is 2. The Hall–Kier alpha value is -1.06. The molecule has 2 N–H and O–H groups in total. The van der Waals surface area contributed by atoms with Crippen molar-refractivity contribution in [2.45, 2.75) is 195 Å². The maximum absolute atomic E-state index is 12.6. The molecule has 0 aliphatic heterocycles. The van der Waals surface area contributed by atoms with Crippen LogP contribution in [0.5, 0.6) is 0 Å². The third kappa shape index (κ3) is 24.5. The molecule has 232 valence electrons. The summed E-state index contributed by atoms with van der Waals surface area (Å²) in [6.45, 7) is 9.20. The van der Waals surface area contributed by atoms with Crippen LogP contribution in [0, 0.1) is 17.3 Å². The van der Waals surface area contributed by atoms with Crippen LogP contribution in [-0.4, -0.2) is 22.2 Å². The third-order valence-corrected chi connectivity index (χ3v) is 8.62. The lowest BCUT2D eigenvalue weighted by atomic mass is 9.74. The quantitative estimate of drug-likeness (QED) is 0.0869. The van der Waals surface area contributed by atoms with Gasteiger partial charge in [0.05, 0.1) is 5.41 Å². The second-order valence-corrected chi connectivity index (χ2v) is 13.4. The van der Waals surface area contributed by atoms with E-state index < -0.39 is 17.4 Å². The molecular formula is C35H68O4. The van der Waals surface area contributed by atoms with Gasteiger partial charge in [0.1, 0.15) is 0 Å². The van der Waals surface area contributed by atoms with Crippen molar-refractivity contribution in [2.75, 3.05) is 0 Å². The molecule has 0 spiro atoms. The molecule has 0 aromatic carbocycles. The molecule has 0 saturated carbocycles. The molecule has 0 amide bonds. The third-order valence-electron chi connectivity index (χ3n) is 8.62. The summed E-state index contributed by atoms with van der Waals surface area (Å²) in [5.41, 5.74) is -0.583. The highest BCUT2D eigenvalue weighted by Gasteiger charge is 2.36. The molecule has 0 radical (unpaired) electrons. The van der Waals surface area contributed by atoms with Crippen LogP contribution in [0.1, 0.15) is 195 Å². The van der Waals surface area contributed by atoms with E-state index in [1.54, 1.807) is 0 Å². The van der Waals surface area contributed by atoms with Crippen LogP contribution in [0.2, 0.25) is 0 Å². The first-order valence-electron chi connectivity index (χ1n) is 17.1. The molecule has 0 aliphatic carbocycles. The molecule has 0 atom stereocenters. The van der Waals surface area contributed by atoms with Crippen molar-refractivity contribution in [1.29, 1.82) is 0 Å². The van der Waals surface area contributed by atoms with E-state index in [0.29, 0.717) is 6.42 Å². The Labute approximate surface area is 243 Å². The van der Waals surface area contributed by atoms with Gasteiger partial charge in [0.25, 0.3) is 0 Å². The van der Waals surface area contributed by atoms with E-state index in [1.165, 1.54) is 89.9 Å². The molecule has 0 bridgehead atoms. The molecule has 0 unspecified atom stereocenters. The van der Waals surface area contributed by atoms with Crippen LogP contribution >= 0.6 is 0 Å². The van der Waals surface area contributed by atoms with E-state index in [-0.39, 0.29) is 6.42 Å². The second-order valence-electron chi connectivity index (χ2n) is 13.4. The molecule has 0 saturated heterocycles. The first-order valence-corrected chi connectivity index (χ1v) is 17.1. The van der Waals surface area contributed by atoms with Crippen LogP contribution in [-0.2, 0) is 9.59 Å². The molecule has 0 fully saturated rings. The van der Waals surface area contributed by atoms with E-state index >= 15 is 0 Å². The highest BCUT2D eigenvalue weighted by atomic mass is 16.4. The lowest BCUT2D eigenvalue weighted by Crippen LogP contribution is -2.31. The zero-order valence-electron chi connectivity index (χ0n) is 26.8. The van der Waals surface area contributed by atoms with Gasteiger partial charge < -0.3 is 10.2 Å². The van der Waals surface area contributed by atoms with Gasteiger partial charge in [-0.1, -0.05) is 163 Å². The highest BCUT2D eigenvalue weighted by molar-refractivity contribution is 5.74. The zero-order valence-corrected chi connectivity index (χ0v) is 26.8. The molecule has 0 aromatic rings. The summed E-state index contributed by atoms with van der Waals surface area (Å²) in [7, 11) is 0. The number of carboxylic acids is 2. The SMILES string of the molecule is CC(C)CCCCCCCCCCC(CCCCCCCCCCC(C)C)(CCCCCCC(=O)O)C(=O)O. The smallest absolute Gasteiger partial charge is 0.309 e. The minimum Gasteiger partial charge on any atom is -0.481 e. The Morgan fingerprint density at radius 3 is 1.03 bits per heavy atom. The van der Waals surface area contributed by atoms with E-state index in [4.69, 9.17) is 5.11 Å². The van der Waals surface area contributed by atoms with Crippen molar-refractivity contribution in [1.82, 2.24) is 0 Å². The predicted molar refractivity (Wildman–Crippen MR) is 167 cm³/mol. The predicted octanol–water partition coefficient (Wildman–Crippen LogP) is 11.6. The highest BCUT2D eigenvalue weighted by Crippen LogP contribution is 2.38. The number of aliphatic carboxylic acids is 2. The van der Waals surface area contributed by atoms with Gasteiger partial charge in [-0.05, 0) is 37.5 Å². The Balaban J connectivity index is 4.41. The first kappa shape index (κ1) is 37.9. The normalized spacial score (nSPS) is 12.1. The summed E-state index contributed by atoms with van der Waals surface area (Å²) < 4.78 is 0. The van der Waals surface area contributed by atoms with Crippen molar-refractivity contribution < 1.29 is 19.8 Å². The maximum Gasteiger partial charge on any atom is 0.309 e. The monoisotopic (exact) mass is 553 g/mol. The summed E-state index contributed by atoms with van der Waals surface area (Å²) in [6, 6.07) is 0.